The van der Waals surface area contributed by atoms with Crippen LogP contribution in [-0.4, -0.2) is 18.0 Å². The maximum absolute atomic E-state index is 10.1. The molecule has 0 heterocycles. The van der Waals surface area contributed by atoms with Crippen molar-refractivity contribution >= 4 is 12.6 Å². The van der Waals surface area contributed by atoms with Crippen LogP contribution in [0.3, 0.4) is 0 Å². The number of aldehydes is 2. The van der Waals surface area contributed by atoms with Gasteiger partial charge < -0.3 is 5.48 Å². The average Bonchev–Trinajstić information content (AvgIpc) is 2.05. The highest BCUT2D eigenvalue weighted by Crippen LogP contribution is 1.98. The molecule has 0 atom stereocenters. The van der Waals surface area contributed by atoms with Crippen molar-refractivity contribution in [1.29, 1.82) is 0 Å². The number of hydrogen-bond acceptors (Lipinski definition) is 2. The van der Waals surface area contributed by atoms with E-state index in [1.165, 1.54) is 0 Å². The van der Waals surface area contributed by atoms with E-state index in [4.69, 9.17) is 0 Å². The molecule has 11 heavy (non-hydrogen) atoms. The topological polar surface area (TPSA) is 65.6 Å². The summed E-state index contributed by atoms with van der Waals surface area (Å²) in [5.74, 6) is 0. The predicted molar refractivity (Wildman–Crippen MR) is 40.8 cm³/mol. The monoisotopic (exact) mass is 152 g/mol. The Morgan fingerprint density at radius 2 is 1.09 bits per heavy atom. The van der Waals surface area contributed by atoms with Crippen LogP contribution in [0.1, 0.15) is 20.7 Å². The number of carbonyl (C=O) groups is 2. The number of rotatable bonds is 2. The summed E-state index contributed by atoms with van der Waals surface area (Å²) in [6, 6.07) is 6.43. The molecule has 2 N–H and O–H groups in total. The van der Waals surface area contributed by atoms with Gasteiger partial charge in [0.1, 0.15) is 12.6 Å². The third kappa shape index (κ3) is 2.31. The minimum atomic E-state index is 0. The highest BCUT2D eigenvalue weighted by atomic mass is 16.1. The highest BCUT2D eigenvalue weighted by molar-refractivity contribution is 5.79. The Kier molecular flexibility index (Phi) is 3.77. The summed E-state index contributed by atoms with van der Waals surface area (Å²) in [4.78, 5) is 20.2. The van der Waals surface area contributed by atoms with E-state index < -0.39 is 0 Å². The van der Waals surface area contributed by atoms with Crippen LogP contribution in [0, 0.1) is 0 Å². The van der Waals surface area contributed by atoms with Gasteiger partial charge in [-0.1, -0.05) is 24.3 Å². The molecule has 3 nitrogen and oxygen atoms in total. The highest BCUT2D eigenvalue weighted by Gasteiger charge is 1.88. The quantitative estimate of drug-likeness (QED) is 0.578. The van der Waals surface area contributed by atoms with Crippen LogP contribution in [0.25, 0.3) is 0 Å². The molecule has 58 valence electrons. The molecule has 0 radical (unpaired) electrons. The van der Waals surface area contributed by atoms with E-state index in [1.807, 2.05) is 0 Å². The van der Waals surface area contributed by atoms with Crippen LogP contribution in [0.4, 0.5) is 0 Å². The maximum atomic E-state index is 10.1. The number of carbonyl (C=O) groups excluding carboxylic acids is 2. The van der Waals surface area contributed by atoms with Gasteiger partial charge in [-0.2, -0.15) is 0 Å². The van der Waals surface area contributed by atoms with E-state index >= 15 is 0 Å². The lowest BCUT2D eigenvalue weighted by molar-refractivity contribution is 0.111. The number of hydrogen-bond donors (Lipinski definition) is 0. The zero-order valence-corrected chi connectivity index (χ0v) is 5.78. The zero-order chi connectivity index (χ0) is 7.40. The Labute approximate surface area is 64.0 Å². The number of benzene rings is 1. The van der Waals surface area contributed by atoms with Gasteiger partial charge in [0, 0.05) is 11.1 Å². The van der Waals surface area contributed by atoms with Gasteiger partial charge in [0.2, 0.25) is 0 Å². The Morgan fingerprint density at radius 3 is 1.27 bits per heavy atom. The van der Waals surface area contributed by atoms with Crippen LogP contribution < -0.4 is 0 Å². The summed E-state index contributed by atoms with van der Waals surface area (Å²) in [5.41, 5.74) is 1.18. The van der Waals surface area contributed by atoms with Gasteiger partial charge in [-0.15, -0.1) is 0 Å². The Morgan fingerprint density at radius 1 is 0.818 bits per heavy atom. The molecule has 0 aromatic heterocycles. The maximum Gasteiger partial charge on any atom is 0.150 e. The fourth-order valence-corrected chi connectivity index (χ4v) is 0.653. The minimum Gasteiger partial charge on any atom is -0.412 e. The summed E-state index contributed by atoms with van der Waals surface area (Å²) in [6.45, 7) is 0. The van der Waals surface area contributed by atoms with Crippen molar-refractivity contribution in [2.24, 2.45) is 0 Å². The molecule has 0 saturated heterocycles. The first-order valence-corrected chi connectivity index (χ1v) is 2.87. The Bertz CT molecular complexity index is 211. The summed E-state index contributed by atoms with van der Waals surface area (Å²) in [6.07, 6.45) is 1.49. The predicted octanol–water partition coefficient (Wildman–Crippen LogP) is 0.487. The smallest absolute Gasteiger partial charge is 0.150 e. The van der Waals surface area contributed by atoms with Gasteiger partial charge in [0.15, 0.2) is 0 Å². The molecule has 0 aliphatic carbocycles. The van der Waals surface area contributed by atoms with Crippen molar-refractivity contribution in [2.75, 3.05) is 0 Å². The standard InChI is InChI=1S/C8H6O2.H2O/c9-5-7-1-2-8(6-10)4-3-7;/h1-6H;1H2. The molecule has 0 amide bonds. The van der Waals surface area contributed by atoms with Crippen LogP contribution in [0.2, 0.25) is 0 Å². The van der Waals surface area contributed by atoms with Crippen LogP contribution >= 0.6 is 0 Å². The van der Waals surface area contributed by atoms with Crippen molar-refractivity contribution in [3.8, 4) is 0 Å². The van der Waals surface area contributed by atoms with Gasteiger partial charge in [0.25, 0.3) is 0 Å². The van der Waals surface area contributed by atoms with Crippen LogP contribution in [-0.2, 0) is 0 Å². The molecule has 0 aliphatic rings. The second-order valence-electron chi connectivity index (χ2n) is 1.90. The molecule has 1 aromatic rings. The second-order valence-corrected chi connectivity index (χ2v) is 1.90. The van der Waals surface area contributed by atoms with Gasteiger partial charge in [-0.25, -0.2) is 0 Å². The normalized spacial score (nSPS) is 8.00. The summed E-state index contributed by atoms with van der Waals surface area (Å²) < 4.78 is 0. The van der Waals surface area contributed by atoms with E-state index in [9.17, 15) is 9.59 Å². The zero-order valence-electron chi connectivity index (χ0n) is 5.78. The van der Waals surface area contributed by atoms with Crippen LogP contribution in [0.5, 0.6) is 0 Å². The van der Waals surface area contributed by atoms with Gasteiger partial charge in [-0.05, 0) is 0 Å². The van der Waals surface area contributed by atoms with Crippen molar-refractivity contribution in [3.05, 3.63) is 35.4 Å². The van der Waals surface area contributed by atoms with E-state index in [2.05, 4.69) is 0 Å². The van der Waals surface area contributed by atoms with Crippen molar-refractivity contribution in [1.82, 2.24) is 0 Å². The lowest BCUT2D eigenvalue weighted by Gasteiger charge is -1.88. The Hall–Kier alpha value is -1.48. The fraction of sp³-hybridized carbons (Fsp3) is 0. The van der Waals surface area contributed by atoms with Crippen molar-refractivity contribution < 1.29 is 15.1 Å². The lowest BCUT2D eigenvalue weighted by Crippen LogP contribution is -1.81. The van der Waals surface area contributed by atoms with Gasteiger partial charge in [0.05, 0.1) is 0 Å². The van der Waals surface area contributed by atoms with Gasteiger partial charge in [-0.3, -0.25) is 9.59 Å². The molecule has 0 unspecified atom stereocenters. The summed E-state index contributed by atoms with van der Waals surface area (Å²) >= 11 is 0. The molecular formula is C8H8O3. The van der Waals surface area contributed by atoms with Crippen molar-refractivity contribution in [2.45, 2.75) is 0 Å². The molecule has 0 bridgehead atoms. The van der Waals surface area contributed by atoms with E-state index in [1.54, 1.807) is 24.3 Å². The summed E-state index contributed by atoms with van der Waals surface area (Å²) in [7, 11) is 0. The molecule has 0 aliphatic heterocycles. The van der Waals surface area contributed by atoms with Gasteiger partial charge >= 0.3 is 0 Å². The first kappa shape index (κ1) is 9.52. The molecule has 1 aromatic carbocycles. The molecule has 0 saturated carbocycles. The molecule has 3 heteroatoms. The fourth-order valence-electron chi connectivity index (χ4n) is 0.653. The van der Waals surface area contributed by atoms with Crippen LogP contribution in [0.15, 0.2) is 24.3 Å². The van der Waals surface area contributed by atoms with Crippen molar-refractivity contribution in [3.63, 3.8) is 0 Å². The summed E-state index contributed by atoms with van der Waals surface area (Å²) in [5, 5.41) is 0. The average molecular weight is 152 g/mol. The van der Waals surface area contributed by atoms with E-state index in [0.29, 0.717) is 11.1 Å². The first-order chi connectivity index (χ1) is 4.86. The molecule has 0 spiro atoms. The van der Waals surface area contributed by atoms with E-state index in [0.717, 1.165) is 12.6 Å². The first-order valence-electron chi connectivity index (χ1n) is 2.87. The largest absolute Gasteiger partial charge is 0.412 e. The minimum absolute atomic E-state index is 0. The lowest BCUT2D eigenvalue weighted by atomic mass is 10.2. The molecule has 1 rings (SSSR count). The third-order valence-corrected chi connectivity index (χ3v) is 1.21. The third-order valence-electron chi connectivity index (χ3n) is 1.21. The molecule has 0 fully saturated rings. The van der Waals surface area contributed by atoms with E-state index in [-0.39, 0.29) is 5.48 Å². The second kappa shape index (κ2) is 4.35. The SMILES string of the molecule is O.O=Cc1ccc(C=O)cc1. The Balaban J connectivity index is 0.000001000. The molecular weight excluding hydrogens is 144 g/mol.